The molecule has 0 saturated carbocycles. The number of ether oxygens (including phenoxy) is 3. The molecule has 148 valence electrons. The van der Waals surface area contributed by atoms with Gasteiger partial charge in [0, 0.05) is 18.5 Å². The van der Waals surface area contributed by atoms with Gasteiger partial charge in [0.25, 0.3) is 0 Å². The average Bonchev–Trinajstić information content (AvgIpc) is 2.52. The van der Waals surface area contributed by atoms with Gasteiger partial charge in [-0.15, -0.1) is 0 Å². The number of nitrogens with one attached hydrogen (secondary N) is 2. The number of amides is 1. The topological polar surface area (TPSA) is 85.9 Å². The lowest BCUT2D eigenvalue weighted by Crippen LogP contribution is -2.37. The minimum absolute atomic E-state index is 0.0127. The van der Waals surface area contributed by atoms with E-state index in [1.165, 1.54) is 0 Å². The third-order valence-electron chi connectivity index (χ3n) is 3.30. The van der Waals surface area contributed by atoms with Crippen LogP contribution < -0.4 is 10.6 Å². The zero-order valence-corrected chi connectivity index (χ0v) is 16.5. The first kappa shape index (κ1) is 24.0. The summed E-state index contributed by atoms with van der Waals surface area (Å²) in [5.41, 5.74) is 0.129. The van der Waals surface area contributed by atoms with Crippen LogP contribution in [-0.2, 0) is 23.8 Å². The molecule has 0 aliphatic rings. The molecule has 0 saturated heterocycles. The molecule has 0 aromatic rings. The second-order valence-electron chi connectivity index (χ2n) is 6.99. The molecule has 1 atom stereocenters. The molecule has 25 heavy (non-hydrogen) atoms. The highest BCUT2D eigenvalue weighted by molar-refractivity contribution is 5.80. The van der Waals surface area contributed by atoms with Crippen LogP contribution in [0.25, 0.3) is 0 Å². The molecule has 0 aliphatic carbocycles. The lowest BCUT2D eigenvalue weighted by atomic mass is 10.1. The first-order valence-corrected chi connectivity index (χ1v) is 9.05. The van der Waals surface area contributed by atoms with Crippen molar-refractivity contribution in [2.45, 2.75) is 59.1 Å². The Morgan fingerprint density at radius 3 is 2.36 bits per heavy atom. The van der Waals surface area contributed by atoms with Gasteiger partial charge in [-0.2, -0.15) is 0 Å². The molecule has 0 aromatic heterocycles. The maximum atomic E-state index is 11.4. The van der Waals surface area contributed by atoms with Crippen molar-refractivity contribution in [3.05, 3.63) is 0 Å². The van der Waals surface area contributed by atoms with Crippen molar-refractivity contribution < 1.29 is 23.8 Å². The van der Waals surface area contributed by atoms with Gasteiger partial charge in [-0.25, -0.2) is 0 Å². The predicted octanol–water partition coefficient (Wildman–Crippen LogP) is 1.30. The van der Waals surface area contributed by atoms with Crippen molar-refractivity contribution in [3.8, 4) is 0 Å². The molecule has 7 heteroatoms. The van der Waals surface area contributed by atoms with Crippen LogP contribution in [0.1, 0.15) is 47.5 Å². The SMILES string of the molecule is CCC(=O)COCC(=O)NCCOCCOC(C)CCNC(C)(C)C. The van der Waals surface area contributed by atoms with Crippen molar-refractivity contribution in [2.24, 2.45) is 0 Å². The normalized spacial score (nSPS) is 12.8. The Hall–Kier alpha value is -1.02. The van der Waals surface area contributed by atoms with E-state index in [1.807, 2.05) is 6.92 Å². The summed E-state index contributed by atoms with van der Waals surface area (Å²) in [4.78, 5) is 22.4. The summed E-state index contributed by atoms with van der Waals surface area (Å²) in [6, 6.07) is 0. The summed E-state index contributed by atoms with van der Waals surface area (Å²) in [6.45, 7) is 12.9. The van der Waals surface area contributed by atoms with Crippen molar-refractivity contribution in [2.75, 3.05) is 46.1 Å². The van der Waals surface area contributed by atoms with E-state index in [0.29, 0.717) is 32.8 Å². The summed E-state index contributed by atoms with van der Waals surface area (Å²) in [5, 5.41) is 6.09. The second-order valence-corrected chi connectivity index (χ2v) is 6.99. The number of rotatable bonds is 15. The van der Waals surface area contributed by atoms with Gasteiger partial charge in [-0.3, -0.25) is 9.59 Å². The fraction of sp³-hybridized carbons (Fsp3) is 0.889. The molecule has 0 fully saturated rings. The number of hydrogen-bond donors (Lipinski definition) is 2. The largest absolute Gasteiger partial charge is 0.377 e. The van der Waals surface area contributed by atoms with Crippen LogP contribution in [0.3, 0.4) is 0 Å². The minimum Gasteiger partial charge on any atom is -0.377 e. The predicted molar refractivity (Wildman–Crippen MR) is 97.7 cm³/mol. The Morgan fingerprint density at radius 2 is 1.72 bits per heavy atom. The van der Waals surface area contributed by atoms with E-state index in [2.05, 4.69) is 31.4 Å². The Bertz CT molecular complexity index is 369. The maximum absolute atomic E-state index is 11.4. The van der Waals surface area contributed by atoms with E-state index in [1.54, 1.807) is 6.92 Å². The van der Waals surface area contributed by atoms with Crippen LogP contribution >= 0.6 is 0 Å². The molecule has 0 radical (unpaired) electrons. The maximum Gasteiger partial charge on any atom is 0.246 e. The molecular formula is C18H36N2O5. The quantitative estimate of drug-likeness (QED) is 0.428. The fourth-order valence-electron chi connectivity index (χ4n) is 1.82. The third kappa shape index (κ3) is 17.6. The molecule has 0 spiro atoms. The van der Waals surface area contributed by atoms with Crippen LogP contribution in [0.5, 0.6) is 0 Å². The number of carbonyl (C=O) groups is 2. The summed E-state index contributed by atoms with van der Waals surface area (Å²) < 4.78 is 16.1. The van der Waals surface area contributed by atoms with Crippen LogP contribution in [0.2, 0.25) is 0 Å². The van der Waals surface area contributed by atoms with E-state index >= 15 is 0 Å². The van der Waals surface area contributed by atoms with Gasteiger partial charge in [0.15, 0.2) is 5.78 Å². The summed E-state index contributed by atoms with van der Waals surface area (Å²) in [7, 11) is 0. The molecular weight excluding hydrogens is 324 g/mol. The van der Waals surface area contributed by atoms with Gasteiger partial charge in [-0.05, 0) is 40.7 Å². The molecule has 1 amide bonds. The molecule has 0 aliphatic heterocycles. The van der Waals surface area contributed by atoms with E-state index < -0.39 is 0 Å². The number of Topliss-reactive ketones (excluding diaryl/α,β-unsaturated/α-hetero) is 1. The van der Waals surface area contributed by atoms with Crippen LogP contribution in [0.15, 0.2) is 0 Å². The molecule has 0 bridgehead atoms. The molecule has 1 unspecified atom stereocenters. The third-order valence-corrected chi connectivity index (χ3v) is 3.30. The first-order valence-electron chi connectivity index (χ1n) is 9.05. The van der Waals surface area contributed by atoms with Gasteiger partial charge in [0.05, 0.1) is 25.9 Å². The molecule has 2 N–H and O–H groups in total. The zero-order chi connectivity index (χ0) is 19.1. The summed E-state index contributed by atoms with van der Waals surface area (Å²) >= 11 is 0. The van der Waals surface area contributed by atoms with Crippen LogP contribution in [0.4, 0.5) is 0 Å². The molecule has 0 heterocycles. The zero-order valence-electron chi connectivity index (χ0n) is 16.5. The summed E-state index contributed by atoms with van der Waals surface area (Å²) in [5.74, 6) is -0.261. The van der Waals surface area contributed by atoms with Crippen molar-refractivity contribution >= 4 is 11.7 Å². The monoisotopic (exact) mass is 360 g/mol. The highest BCUT2D eigenvalue weighted by atomic mass is 16.5. The van der Waals surface area contributed by atoms with Crippen molar-refractivity contribution in [1.82, 2.24) is 10.6 Å². The first-order chi connectivity index (χ1) is 11.7. The van der Waals surface area contributed by atoms with Gasteiger partial charge in [0.2, 0.25) is 5.91 Å². The Morgan fingerprint density at radius 1 is 1.00 bits per heavy atom. The Kier molecular flexibility index (Phi) is 13.6. The highest BCUT2D eigenvalue weighted by Gasteiger charge is 2.09. The molecule has 0 aromatic carbocycles. The highest BCUT2D eigenvalue weighted by Crippen LogP contribution is 2.01. The van der Waals surface area contributed by atoms with E-state index in [9.17, 15) is 9.59 Å². The number of carbonyl (C=O) groups excluding carboxylic acids is 2. The lowest BCUT2D eigenvalue weighted by Gasteiger charge is -2.22. The molecule has 7 nitrogen and oxygen atoms in total. The van der Waals surface area contributed by atoms with Crippen LogP contribution in [0, 0.1) is 0 Å². The number of ketones is 1. The van der Waals surface area contributed by atoms with Gasteiger partial charge >= 0.3 is 0 Å². The smallest absolute Gasteiger partial charge is 0.246 e. The standard InChI is InChI=1S/C18H36N2O5/c1-6-16(21)13-24-14-17(22)19-9-10-23-11-12-25-15(2)7-8-20-18(3,4)5/h15,20H,6-14H2,1-5H3,(H,19,22). The Labute approximate surface area is 152 Å². The van der Waals surface area contributed by atoms with E-state index in [-0.39, 0.29) is 36.5 Å². The molecule has 0 rings (SSSR count). The fourth-order valence-corrected chi connectivity index (χ4v) is 1.82. The van der Waals surface area contributed by atoms with Crippen LogP contribution in [-0.4, -0.2) is 69.5 Å². The Balaban J connectivity index is 3.40. The van der Waals surface area contributed by atoms with E-state index in [4.69, 9.17) is 14.2 Å². The second kappa shape index (κ2) is 14.2. The lowest BCUT2D eigenvalue weighted by molar-refractivity contribution is -0.129. The van der Waals surface area contributed by atoms with Crippen molar-refractivity contribution in [3.63, 3.8) is 0 Å². The summed E-state index contributed by atoms with van der Waals surface area (Å²) in [6.07, 6.45) is 1.55. The van der Waals surface area contributed by atoms with Gasteiger partial charge < -0.3 is 24.8 Å². The average molecular weight is 360 g/mol. The van der Waals surface area contributed by atoms with Crippen molar-refractivity contribution in [1.29, 1.82) is 0 Å². The number of hydrogen-bond acceptors (Lipinski definition) is 6. The minimum atomic E-state index is -0.247. The van der Waals surface area contributed by atoms with Gasteiger partial charge in [0.1, 0.15) is 13.2 Å². The van der Waals surface area contributed by atoms with E-state index in [0.717, 1.165) is 13.0 Å². The van der Waals surface area contributed by atoms with Gasteiger partial charge in [-0.1, -0.05) is 6.92 Å².